The molecule has 2 rings (SSSR count). The summed E-state index contributed by atoms with van der Waals surface area (Å²) in [5.41, 5.74) is 1.77. The van der Waals surface area contributed by atoms with E-state index in [1.54, 1.807) is 39.9 Å². The summed E-state index contributed by atoms with van der Waals surface area (Å²) in [5.74, 6) is 0. The SMILES string of the molecule is CC(CNCc1cccs1)Sc1nncs1. The Morgan fingerprint density at radius 3 is 3.12 bits per heavy atom. The van der Waals surface area contributed by atoms with Gasteiger partial charge in [0.1, 0.15) is 5.51 Å². The van der Waals surface area contributed by atoms with E-state index in [1.807, 2.05) is 0 Å². The van der Waals surface area contributed by atoms with Crippen LogP contribution in [0.4, 0.5) is 0 Å². The number of hydrogen-bond donors (Lipinski definition) is 1. The molecule has 1 N–H and O–H groups in total. The fraction of sp³-hybridized carbons (Fsp3) is 0.400. The second-order valence-corrected chi connectivity index (χ2v) is 6.89. The van der Waals surface area contributed by atoms with Gasteiger partial charge in [-0.3, -0.25) is 0 Å². The van der Waals surface area contributed by atoms with Gasteiger partial charge in [-0.2, -0.15) is 0 Å². The van der Waals surface area contributed by atoms with Crippen molar-refractivity contribution in [2.45, 2.75) is 23.1 Å². The highest BCUT2D eigenvalue weighted by molar-refractivity contribution is 8.01. The molecule has 6 heteroatoms. The summed E-state index contributed by atoms with van der Waals surface area (Å²) in [4.78, 5) is 1.38. The minimum atomic E-state index is 0.521. The Labute approximate surface area is 107 Å². The van der Waals surface area contributed by atoms with E-state index < -0.39 is 0 Å². The molecular formula is C10H13N3S3. The quantitative estimate of drug-likeness (QED) is 0.820. The van der Waals surface area contributed by atoms with Gasteiger partial charge in [0.2, 0.25) is 0 Å². The number of aromatic nitrogens is 2. The number of nitrogens with zero attached hydrogens (tertiary/aromatic N) is 2. The summed E-state index contributed by atoms with van der Waals surface area (Å²) in [7, 11) is 0. The Bertz CT molecular complexity index is 385. The Kier molecular flexibility index (Phi) is 4.77. The highest BCUT2D eigenvalue weighted by Gasteiger charge is 2.06. The lowest BCUT2D eigenvalue weighted by atomic mass is 10.4. The normalized spacial score (nSPS) is 12.8. The largest absolute Gasteiger partial charge is 0.311 e. The standard InChI is InChI=1S/C10H13N3S3/c1-8(16-10-13-12-7-15-10)5-11-6-9-3-2-4-14-9/h2-4,7-8,11H,5-6H2,1H3. The van der Waals surface area contributed by atoms with Crippen LogP contribution in [-0.2, 0) is 6.54 Å². The van der Waals surface area contributed by atoms with Gasteiger partial charge < -0.3 is 5.32 Å². The molecule has 86 valence electrons. The fourth-order valence-corrected chi connectivity index (χ4v) is 3.68. The maximum Gasteiger partial charge on any atom is 0.174 e. The van der Waals surface area contributed by atoms with Crippen molar-refractivity contribution < 1.29 is 0 Å². The zero-order valence-electron chi connectivity index (χ0n) is 8.92. The highest BCUT2D eigenvalue weighted by Crippen LogP contribution is 2.23. The van der Waals surface area contributed by atoms with Crippen molar-refractivity contribution in [2.24, 2.45) is 0 Å². The van der Waals surface area contributed by atoms with Gasteiger partial charge in [0, 0.05) is 23.2 Å². The molecule has 0 aliphatic heterocycles. The molecule has 1 unspecified atom stereocenters. The minimum Gasteiger partial charge on any atom is -0.311 e. The van der Waals surface area contributed by atoms with Crippen LogP contribution in [0.25, 0.3) is 0 Å². The maximum atomic E-state index is 4.02. The average molecular weight is 271 g/mol. The number of nitrogens with one attached hydrogen (secondary N) is 1. The molecule has 0 aliphatic carbocycles. The third-order valence-electron chi connectivity index (χ3n) is 1.95. The van der Waals surface area contributed by atoms with Crippen LogP contribution in [0.5, 0.6) is 0 Å². The van der Waals surface area contributed by atoms with E-state index in [1.165, 1.54) is 4.88 Å². The first-order valence-electron chi connectivity index (χ1n) is 5.00. The Hall–Kier alpha value is -0.430. The maximum absolute atomic E-state index is 4.02. The van der Waals surface area contributed by atoms with Gasteiger partial charge in [0.25, 0.3) is 0 Å². The van der Waals surface area contributed by atoms with Crippen LogP contribution in [-0.4, -0.2) is 22.0 Å². The predicted molar refractivity (Wildman–Crippen MR) is 71.3 cm³/mol. The van der Waals surface area contributed by atoms with Crippen LogP contribution in [0.1, 0.15) is 11.8 Å². The molecule has 0 spiro atoms. The van der Waals surface area contributed by atoms with Gasteiger partial charge in [-0.1, -0.05) is 36.1 Å². The zero-order chi connectivity index (χ0) is 11.2. The highest BCUT2D eigenvalue weighted by atomic mass is 32.2. The summed E-state index contributed by atoms with van der Waals surface area (Å²) >= 11 is 5.16. The van der Waals surface area contributed by atoms with Crippen LogP contribution < -0.4 is 5.32 Å². The van der Waals surface area contributed by atoms with Crippen LogP contribution in [0, 0.1) is 0 Å². The Morgan fingerprint density at radius 1 is 1.50 bits per heavy atom. The third kappa shape index (κ3) is 3.86. The number of rotatable bonds is 6. The Morgan fingerprint density at radius 2 is 2.44 bits per heavy atom. The van der Waals surface area contributed by atoms with Crippen molar-refractivity contribution in [1.29, 1.82) is 0 Å². The van der Waals surface area contributed by atoms with E-state index >= 15 is 0 Å². The third-order valence-corrected chi connectivity index (χ3v) is 4.74. The van der Waals surface area contributed by atoms with Crippen LogP contribution in [0.3, 0.4) is 0 Å². The van der Waals surface area contributed by atoms with Crippen molar-refractivity contribution >= 4 is 34.4 Å². The van der Waals surface area contributed by atoms with Gasteiger partial charge in [0.05, 0.1) is 0 Å². The van der Waals surface area contributed by atoms with Crippen molar-refractivity contribution in [1.82, 2.24) is 15.5 Å². The molecular weight excluding hydrogens is 258 g/mol. The van der Waals surface area contributed by atoms with Gasteiger partial charge >= 0.3 is 0 Å². The van der Waals surface area contributed by atoms with Gasteiger partial charge in [0.15, 0.2) is 4.34 Å². The topological polar surface area (TPSA) is 37.8 Å². The molecule has 0 radical (unpaired) electrons. The van der Waals surface area contributed by atoms with Crippen molar-refractivity contribution in [2.75, 3.05) is 6.54 Å². The van der Waals surface area contributed by atoms with Gasteiger partial charge in [-0.25, -0.2) is 0 Å². The molecule has 2 heterocycles. The van der Waals surface area contributed by atoms with Crippen molar-refractivity contribution in [3.63, 3.8) is 0 Å². The molecule has 0 saturated heterocycles. The molecule has 16 heavy (non-hydrogen) atoms. The van der Waals surface area contributed by atoms with Gasteiger partial charge in [-0.05, 0) is 11.4 Å². The molecule has 1 atom stereocenters. The van der Waals surface area contributed by atoms with Crippen molar-refractivity contribution in [3.8, 4) is 0 Å². The van der Waals surface area contributed by atoms with Crippen molar-refractivity contribution in [3.05, 3.63) is 27.9 Å². The number of thioether (sulfide) groups is 1. The second-order valence-electron chi connectivity index (χ2n) is 3.34. The smallest absolute Gasteiger partial charge is 0.174 e. The number of thiophene rings is 1. The molecule has 3 nitrogen and oxygen atoms in total. The summed E-state index contributed by atoms with van der Waals surface area (Å²) in [6, 6.07) is 4.24. The zero-order valence-corrected chi connectivity index (χ0v) is 11.4. The number of hydrogen-bond acceptors (Lipinski definition) is 6. The summed E-state index contributed by atoms with van der Waals surface area (Å²) in [6.45, 7) is 4.15. The average Bonchev–Trinajstić information content (AvgIpc) is 2.90. The minimum absolute atomic E-state index is 0.521. The Balaban J connectivity index is 1.66. The predicted octanol–water partition coefficient (Wildman–Crippen LogP) is 2.87. The van der Waals surface area contributed by atoms with E-state index in [0.717, 1.165) is 17.4 Å². The molecule has 0 aromatic carbocycles. The lowest BCUT2D eigenvalue weighted by Crippen LogP contribution is -2.21. The summed E-state index contributed by atoms with van der Waals surface area (Å²) < 4.78 is 1.05. The molecule has 2 aromatic heterocycles. The molecule has 0 amide bonds. The van der Waals surface area contributed by atoms with Crippen LogP contribution in [0.2, 0.25) is 0 Å². The first-order chi connectivity index (χ1) is 7.84. The monoisotopic (exact) mass is 271 g/mol. The molecule has 0 bridgehead atoms. The van der Waals surface area contributed by atoms with E-state index in [4.69, 9.17) is 0 Å². The van der Waals surface area contributed by atoms with Crippen LogP contribution in [0.15, 0.2) is 27.4 Å². The first kappa shape index (κ1) is 12.0. The molecule has 0 saturated carbocycles. The van der Waals surface area contributed by atoms with E-state index in [2.05, 4.69) is 40.0 Å². The van der Waals surface area contributed by atoms with Crippen LogP contribution >= 0.6 is 34.4 Å². The second kappa shape index (κ2) is 6.34. The molecule has 2 aromatic rings. The van der Waals surface area contributed by atoms with Gasteiger partial charge in [-0.15, -0.1) is 21.5 Å². The molecule has 0 aliphatic rings. The first-order valence-corrected chi connectivity index (χ1v) is 7.64. The lowest BCUT2D eigenvalue weighted by Gasteiger charge is -2.09. The molecule has 0 fully saturated rings. The fourth-order valence-electron chi connectivity index (χ4n) is 1.24. The van der Waals surface area contributed by atoms with E-state index in [0.29, 0.717) is 5.25 Å². The van der Waals surface area contributed by atoms with E-state index in [-0.39, 0.29) is 0 Å². The summed E-state index contributed by atoms with van der Waals surface area (Å²) in [6.07, 6.45) is 0. The summed E-state index contributed by atoms with van der Waals surface area (Å²) in [5, 5.41) is 13.9. The van der Waals surface area contributed by atoms with E-state index in [9.17, 15) is 0 Å². The lowest BCUT2D eigenvalue weighted by molar-refractivity contribution is 0.690.